The fourth-order valence-electron chi connectivity index (χ4n) is 3.75. The first-order valence-corrected chi connectivity index (χ1v) is 9.43. The minimum atomic E-state index is -0.599. The first-order chi connectivity index (χ1) is 13.0. The predicted octanol–water partition coefficient (Wildman–Crippen LogP) is 3.39. The number of nitrogens with one attached hydrogen (secondary N) is 1. The molecule has 0 aromatic heterocycles. The number of fused-ring (bicyclic) bond motifs is 1. The summed E-state index contributed by atoms with van der Waals surface area (Å²) >= 11 is 0. The van der Waals surface area contributed by atoms with Gasteiger partial charge in [-0.2, -0.15) is 0 Å². The van der Waals surface area contributed by atoms with Crippen LogP contribution in [-0.4, -0.2) is 43.2 Å². The molecule has 0 bridgehead atoms. The van der Waals surface area contributed by atoms with Crippen molar-refractivity contribution in [3.05, 3.63) is 60.2 Å². The molecule has 27 heavy (non-hydrogen) atoms. The van der Waals surface area contributed by atoms with Gasteiger partial charge >= 0.3 is 0 Å². The normalized spacial score (nSPS) is 26.4. The largest absolute Gasteiger partial charge is 0.373 e. The zero-order valence-corrected chi connectivity index (χ0v) is 15.7. The van der Waals surface area contributed by atoms with Gasteiger partial charge in [0.2, 0.25) is 0 Å². The number of benzene rings is 2. The topological polar surface area (TPSA) is 56.8 Å². The number of carbonyl (C=O) groups is 1. The van der Waals surface area contributed by atoms with E-state index in [1.807, 2.05) is 56.3 Å². The highest BCUT2D eigenvalue weighted by molar-refractivity contribution is 5.94. The second-order valence-electron chi connectivity index (χ2n) is 7.49. The molecule has 0 radical (unpaired) electrons. The number of carbonyl (C=O) groups excluding carboxylic acids is 1. The second kappa shape index (κ2) is 7.43. The van der Waals surface area contributed by atoms with Gasteiger partial charge in [0.1, 0.15) is 12.2 Å². The molecule has 4 rings (SSSR count). The summed E-state index contributed by atoms with van der Waals surface area (Å²) < 4.78 is 17.7. The van der Waals surface area contributed by atoms with Crippen LogP contribution in [0.25, 0.3) is 11.1 Å². The molecule has 5 nitrogen and oxygen atoms in total. The van der Waals surface area contributed by atoms with E-state index in [4.69, 9.17) is 14.2 Å². The second-order valence-corrected chi connectivity index (χ2v) is 7.49. The lowest BCUT2D eigenvalue weighted by Gasteiger charge is -2.31. The Morgan fingerprint density at radius 2 is 1.74 bits per heavy atom. The smallest absolute Gasteiger partial charge is 0.251 e. The number of hydrogen-bond acceptors (Lipinski definition) is 4. The third kappa shape index (κ3) is 4.05. The zero-order chi connectivity index (χ0) is 18.9. The summed E-state index contributed by atoms with van der Waals surface area (Å²) in [6.07, 6.45) is 0.507. The van der Waals surface area contributed by atoms with Gasteiger partial charge in [-0.05, 0) is 43.5 Å². The third-order valence-corrected chi connectivity index (χ3v) is 5.04. The highest BCUT2D eigenvalue weighted by atomic mass is 16.8. The molecule has 5 heteroatoms. The SMILES string of the molecule is CC1(C)OC2CCOC(CNC(=O)c3ccc(-c4ccccc4)cc3)C2O1. The summed E-state index contributed by atoms with van der Waals surface area (Å²) in [4.78, 5) is 12.5. The fourth-order valence-corrected chi connectivity index (χ4v) is 3.75. The molecule has 3 atom stereocenters. The van der Waals surface area contributed by atoms with Gasteiger partial charge < -0.3 is 19.5 Å². The monoisotopic (exact) mass is 367 g/mol. The number of amides is 1. The van der Waals surface area contributed by atoms with E-state index in [9.17, 15) is 4.79 Å². The van der Waals surface area contributed by atoms with E-state index >= 15 is 0 Å². The molecule has 142 valence electrons. The molecule has 2 saturated heterocycles. The first kappa shape index (κ1) is 18.2. The van der Waals surface area contributed by atoms with Gasteiger partial charge in [0, 0.05) is 18.7 Å². The van der Waals surface area contributed by atoms with Gasteiger partial charge in [0.05, 0.1) is 6.10 Å². The number of ether oxygens (including phenoxy) is 3. The van der Waals surface area contributed by atoms with Crippen molar-refractivity contribution in [2.75, 3.05) is 13.2 Å². The molecule has 1 N–H and O–H groups in total. The van der Waals surface area contributed by atoms with Crippen LogP contribution in [0.2, 0.25) is 0 Å². The van der Waals surface area contributed by atoms with Crippen LogP contribution in [0.15, 0.2) is 54.6 Å². The summed E-state index contributed by atoms with van der Waals surface area (Å²) in [5.41, 5.74) is 2.85. The molecule has 2 fully saturated rings. The maximum atomic E-state index is 12.5. The van der Waals surface area contributed by atoms with E-state index in [1.165, 1.54) is 0 Å². The molecule has 3 unspecified atom stereocenters. The Kier molecular flexibility index (Phi) is 5.00. The van der Waals surface area contributed by atoms with E-state index in [1.54, 1.807) is 0 Å². The van der Waals surface area contributed by atoms with Crippen LogP contribution in [-0.2, 0) is 14.2 Å². The average Bonchev–Trinajstić information content (AvgIpc) is 3.01. The van der Waals surface area contributed by atoms with Crippen molar-refractivity contribution in [1.82, 2.24) is 5.32 Å². The van der Waals surface area contributed by atoms with E-state index in [-0.39, 0.29) is 24.2 Å². The molecule has 1 amide bonds. The van der Waals surface area contributed by atoms with Crippen LogP contribution in [0.4, 0.5) is 0 Å². The number of rotatable bonds is 4. The molecular formula is C22H25NO4. The van der Waals surface area contributed by atoms with Crippen LogP contribution in [0, 0.1) is 0 Å². The van der Waals surface area contributed by atoms with E-state index in [0.29, 0.717) is 18.7 Å². The van der Waals surface area contributed by atoms with E-state index in [0.717, 1.165) is 17.5 Å². The average molecular weight is 367 g/mol. The molecule has 0 aliphatic carbocycles. The lowest BCUT2D eigenvalue weighted by atomic mass is 10.0. The van der Waals surface area contributed by atoms with Crippen LogP contribution in [0.5, 0.6) is 0 Å². The molecule has 0 spiro atoms. The summed E-state index contributed by atoms with van der Waals surface area (Å²) in [5, 5.41) is 2.97. The Hall–Kier alpha value is -2.21. The molecule has 2 aromatic rings. The van der Waals surface area contributed by atoms with Gasteiger partial charge in [0.15, 0.2) is 5.79 Å². The molecule has 2 aliphatic heterocycles. The molecule has 2 aromatic carbocycles. The Bertz CT molecular complexity index is 788. The Morgan fingerprint density at radius 1 is 1.04 bits per heavy atom. The number of hydrogen-bond donors (Lipinski definition) is 1. The van der Waals surface area contributed by atoms with E-state index in [2.05, 4.69) is 17.4 Å². The van der Waals surface area contributed by atoms with Crippen molar-refractivity contribution >= 4 is 5.91 Å². The van der Waals surface area contributed by atoms with Gasteiger partial charge in [0.25, 0.3) is 5.91 Å². The van der Waals surface area contributed by atoms with Crippen LogP contribution in [0.3, 0.4) is 0 Å². The molecule has 2 aliphatic rings. The highest BCUT2D eigenvalue weighted by Gasteiger charge is 2.47. The fraction of sp³-hybridized carbons (Fsp3) is 0.409. The summed E-state index contributed by atoms with van der Waals surface area (Å²) in [6, 6.07) is 17.7. The minimum Gasteiger partial charge on any atom is -0.373 e. The van der Waals surface area contributed by atoms with Crippen LogP contribution >= 0.6 is 0 Å². The molecule has 2 heterocycles. The molecular weight excluding hydrogens is 342 g/mol. The summed E-state index contributed by atoms with van der Waals surface area (Å²) in [5.74, 6) is -0.711. The summed E-state index contributed by atoms with van der Waals surface area (Å²) in [7, 11) is 0. The highest BCUT2D eigenvalue weighted by Crippen LogP contribution is 2.35. The Labute approximate surface area is 159 Å². The van der Waals surface area contributed by atoms with Crippen LogP contribution < -0.4 is 5.32 Å². The quantitative estimate of drug-likeness (QED) is 0.900. The predicted molar refractivity (Wildman–Crippen MR) is 102 cm³/mol. The van der Waals surface area contributed by atoms with Crippen molar-refractivity contribution in [2.45, 2.75) is 44.4 Å². The van der Waals surface area contributed by atoms with Gasteiger partial charge in [-0.1, -0.05) is 42.5 Å². The van der Waals surface area contributed by atoms with Crippen molar-refractivity contribution in [1.29, 1.82) is 0 Å². The van der Waals surface area contributed by atoms with Gasteiger partial charge in [-0.25, -0.2) is 0 Å². The summed E-state index contributed by atoms with van der Waals surface area (Å²) in [6.45, 7) is 4.84. The maximum Gasteiger partial charge on any atom is 0.251 e. The standard InChI is InChI=1S/C22H25NO4/c1-22(2)26-18-12-13-25-19(20(18)27-22)14-23-21(24)17-10-8-16(9-11-17)15-6-4-3-5-7-15/h3-11,18-20H,12-14H2,1-2H3,(H,23,24). The zero-order valence-electron chi connectivity index (χ0n) is 15.7. The first-order valence-electron chi connectivity index (χ1n) is 9.43. The van der Waals surface area contributed by atoms with Crippen molar-refractivity contribution in [3.8, 4) is 11.1 Å². The Balaban J connectivity index is 1.37. The van der Waals surface area contributed by atoms with Crippen molar-refractivity contribution < 1.29 is 19.0 Å². The molecule has 0 saturated carbocycles. The minimum absolute atomic E-state index is 0.0285. The third-order valence-electron chi connectivity index (χ3n) is 5.04. The lowest BCUT2D eigenvalue weighted by molar-refractivity contribution is -0.153. The maximum absolute atomic E-state index is 12.5. The van der Waals surface area contributed by atoms with Gasteiger partial charge in [-0.15, -0.1) is 0 Å². The lowest BCUT2D eigenvalue weighted by Crippen LogP contribution is -2.48. The van der Waals surface area contributed by atoms with E-state index < -0.39 is 5.79 Å². The van der Waals surface area contributed by atoms with Crippen molar-refractivity contribution in [3.63, 3.8) is 0 Å². The van der Waals surface area contributed by atoms with Gasteiger partial charge in [-0.3, -0.25) is 4.79 Å². The van der Waals surface area contributed by atoms with Crippen LogP contribution in [0.1, 0.15) is 30.6 Å². The van der Waals surface area contributed by atoms with Crippen molar-refractivity contribution in [2.24, 2.45) is 0 Å². The Morgan fingerprint density at radius 3 is 2.48 bits per heavy atom.